The summed E-state index contributed by atoms with van der Waals surface area (Å²) in [7, 11) is 0. The van der Waals surface area contributed by atoms with E-state index in [2.05, 4.69) is 63.1 Å². The summed E-state index contributed by atoms with van der Waals surface area (Å²) >= 11 is 0. The smallest absolute Gasteiger partial charge is 0.243 e. The molecule has 0 saturated heterocycles. The summed E-state index contributed by atoms with van der Waals surface area (Å²) in [6, 6.07) is 12.7. The largest absolute Gasteiger partial charge is 0.346 e. The van der Waals surface area contributed by atoms with Crippen LogP contribution in [0.3, 0.4) is 0 Å². The molecular weight excluding hydrogens is 276 g/mol. The Morgan fingerprint density at radius 3 is 2.91 bits per heavy atom. The maximum absolute atomic E-state index is 4.22. The van der Waals surface area contributed by atoms with E-state index in [-0.39, 0.29) is 12.1 Å². The van der Waals surface area contributed by atoms with Crippen LogP contribution in [0.4, 0.5) is 5.95 Å². The highest BCUT2D eigenvalue weighted by atomic mass is 15.6. The Bertz CT molecular complexity index is 782. The Morgan fingerprint density at radius 2 is 2.09 bits per heavy atom. The van der Waals surface area contributed by atoms with Crippen LogP contribution in [0, 0.1) is 6.92 Å². The van der Waals surface area contributed by atoms with Crippen LogP contribution in [0.2, 0.25) is 0 Å². The molecule has 2 aromatic heterocycles. The number of hydrogen-bond donors (Lipinski definition) is 1. The number of fused-ring (bicyclic) bond motifs is 1. The lowest BCUT2D eigenvalue weighted by Gasteiger charge is -2.31. The van der Waals surface area contributed by atoms with Crippen molar-refractivity contribution >= 4 is 5.95 Å². The van der Waals surface area contributed by atoms with Crippen LogP contribution >= 0.6 is 0 Å². The normalized spacial score (nSPS) is 20.2. The molecule has 110 valence electrons. The van der Waals surface area contributed by atoms with Gasteiger partial charge in [0.05, 0.1) is 12.1 Å². The first kappa shape index (κ1) is 12.9. The van der Waals surface area contributed by atoms with E-state index in [1.54, 1.807) is 6.20 Å². The molecule has 0 bridgehead atoms. The fraction of sp³-hybridized carbons (Fsp3) is 0.250. The second-order valence-corrected chi connectivity index (χ2v) is 5.54. The van der Waals surface area contributed by atoms with E-state index < -0.39 is 0 Å². The van der Waals surface area contributed by atoms with Crippen LogP contribution in [0.5, 0.6) is 0 Å². The second kappa shape index (κ2) is 5.22. The van der Waals surface area contributed by atoms with E-state index in [1.165, 1.54) is 11.1 Å². The third-order valence-corrected chi connectivity index (χ3v) is 4.18. The zero-order chi connectivity index (χ0) is 14.9. The first-order chi connectivity index (χ1) is 10.8. The van der Waals surface area contributed by atoms with Gasteiger partial charge in [0, 0.05) is 12.4 Å². The van der Waals surface area contributed by atoms with Gasteiger partial charge in [-0.05, 0) is 46.5 Å². The summed E-state index contributed by atoms with van der Waals surface area (Å²) in [6.07, 6.45) is 4.57. The molecule has 0 saturated carbocycles. The van der Waals surface area contributed by atoms with Gasteiger partial charge in [0.1, 0.15) is 0 Å². The number of nitrogens with zero attached hydrogens (tertiary/aromatic N) is 5. The molecule has 1 aliphatic heterocycles. The minimum absolute atomic E-state index is 0.123. The zero-order valence-electron chi connectivity index (χ0n) is 12.2. The molecule has 2 unspecified atom stereocenters. The number of anilines is 1. The molecule has 3 heterocycles. The zero-order valence-corrected chi connectivity index (χ0v) is 12.2. The van der Waals surface area contributed by atoms with Crippen LogP contribution in [0.25, 0.3) is 0 Å². The monoisotopic (exact) mass is 292 g/mol. The second-order valence-electron chi connectivity index (χ2n) is 5.54. The standard InChI is InChI=1S/C16H16N6/c1-11-5-2-3-7-13(11)15-9-14(12-6-4-8-17-10-12)18-16-19-20-21-22(15)16/h2-8,10,14-15H,9H2,1H3,(H,18,19,21). The minimum Gasteiger partial charge on any atom is -0.346 e. The van der Waals surface area contributed by atoms with Crippen molar-refractivity contribution in [1.29, 1.82) is 0 Å². The number of pyridine rings is 1. The molecule has 6 nitrogen and oxygen atoms in total. The number of aryl methyl sites for hydroxylation is 1. The Kier molecular flexibility index (Phi) is 3.07. The van der Waals surface area contributed by atoms with Crippen molar-refractivity contribution in [1.82, 2.24) is 25.2 Å². The predicted octanol–water partition coefficient (Wildman–Crippen LogP) is 2.52. The fourth-order valence-electron chi connectivity index (χ4n) is 3.06. The highest BCUT2D eigenvalue weighted by Crippen LogP contribution is 2.37. The lowest BCUT2D eigenvalue weighted by Crippen LogP contribution is -2.28. The predicted molar refractivity (Wildman–Crippen MR) is 82.4 cm³/mol. The van der Waals surface area contributed by atoms with Crippen molar-refractivity contribution in [2.45, 2.75) is 25.4 Å². The summed E-state index contributed by atoms with van der Waals surface area (Å²) in [5, 5.41) is 15.5. The van der Waals surface area contributed by atoms with Crippen LogP contribution in [0.1, 0.15) is 35.2 Å². The van der Waals surface area contributed by atoms with E-state index in [0.29, 0.717) is 5.95 Å². The van der Waals surface area contributed by atoms with Crippen molar-refractivity contribution in [3.8, 4) is 0 Å². The first-order valence-electron chi connectivity index (χ1n) is 7.33. The number of nitrogens with one attached hydrogen (secondary N) is 1. The van der Waals surface area contributed by atoms with Gasteiger partial charge < -0.3 is 5.32 Å². The number of aromatic nitrogens is 5. The fourth-order valence-corrected chi connectivity index (χ4v) is 3.06. The van der Waals surface area contributed by atoms with E-state index in [9.17, 15) is 0 Å². The lowest BCUT2D eigenvalue weighted by molar-refractivity contribution is 0.422. The van der Waals surface area contributed by atoms with Crippen LogP contribution in [0.15, 0.2) is 48.8 Å². The molecule has 4 rings (SSSR count). The van der Waals surface area contributed by atoms with E-state index in [0.717, 1.165) is 12.0 Å². The van der Waals surface area contributed by atoms with Crippen LogP contribution in [-0.4, -0.2) is 25.2 Å². The molecule has 22 heavy (non-hydrogen) atoms. The maximum Gasteiger partial charge on any atom is 0.243 e. The molecule has 0 fully saturated rings. The molecule has 0 radical (unpaired) electrons. The molecular formula is C16H16N6. The van der Waals surface area contributed by atoms with Crippen molar-refractivity contribution in [2.24, 2.45) is 0 Å². The van der Waals surface area contributed by atoms with E-state index in [1.807, 2.05) is 16.9 Å². The molecule has 0 spiro atoms. The van der Waals surface area contributed by atoms with Crippen LogP contribution < -0.4 is 5.32 Å². The maximum atomic E-state index is 4.22. The van der Waals surface area contributed by atoms with Gasteiger partial charge in [0.15, 0.2) is 0 Å². The van der Waals surface area contributed by atoms with Crippen molar-refractivity contribution in [3.63, 3.8) is 0 Å². The number of hydrogen-bond acceptors (Lipinski definition) is 5. The summed E-state index contributed by atoms with van der Waals surface area (Å²) in [5.41, 5.74) is 3.66. The van der Waals surface area contributed by atoms with E-state index in [4.69, 9.17) is 0 Å². The molecule has 1 N–H and O–H groups in total. The summed E-state index contributed by atoms with van der Waals surface area (Å²) in [5.74, 6) is 0.702. The average molecular weight is 292 g/mol. The van der Waals surface area contributed by atoms with Crippen molar-refractivity contribution in [2.75, 3.05) is 5.32 Å². The summed E-state index contributed by atoms with van der Waals surface area (Å²) < 4.78 is 1.87. The van der Waals surface area contributed by atoms with Gasteiger partial charge in [-0.25, -0.2) is 4.68 Å². The van der Waals surface area contributed by atoms with Crippen molar-refractivity contribution in [3.05, 3.63) is 65.5 Å². The molecule has 0 amide bonds. The Hall–Kier alpha value is -2.76. The van der Waals surface area contributed by atoms with Gasteiger partial charge in [0.2, 0.25) is 5.95 Å². The topological polar surface area (TPSA) is 68.5 Å². The average Bonchev–Trinajstić information content (AvgIpc) is 3.04. The van der Waals surface area contributed by atoms with Gasteiger partial charge in [-0.3, -0.25) is 4.98 Å². The van der Waals surface area contributed by atoms with Crippen LogP contribution in [-0.2, 0) is 0 Å². The van der Waals surface area contributed by atoms with Gasteiger partial charge in [-0.2, -0.15) is 0 Å². The molecule has 0 aliphatic carbocycles. The highest BCUT2D eigenvalue weighted by molar-refractivity contribution is 5.38. The lowest BCUT2D eigenvalue weighted by atomic mass is 9.92. The first-order valence-corrected chi connectivity index (χ1v) is 7.33. The molecule has 1 aromatic carbocycles. The van der Waals surface area contributed by atoms with Gasteiger partial charge >= 0.3 is 0 Å². The van der Waals surface area contributed by atoms with Crippen molar-refractivity contribution < 1.29 is 0 Å². The van der Waals surface area contributed by atoms with Gasteiger partial charge in [-0.1, -0.05) is 35.4 Å². The SMILES string of the molecule is Cc1ccccc1C1CC(c2cccnc2)Nc2nnnn21. The van der Waals surface area contributed by atoms with E-state index >= 15 is 0 Å². The van der Waals surface area contributed by atoms with Gasteiger partial charge in [0.25, 0.3) is 0 Å². The molecule has 6 heteroatoms. The summed E-state index contributed by atoms with van der Waals surface area (Å²) in [6.45, 7) is 2.13. The number of benzene rings is 1. The highest BCUT2D eigenvalue weighted by Gasteiger charge is 2.31. The third kappa shape index (κ3) is 2.13. The third-order valence-electron chi connectivity index (χ3n) is 4.18. The molecule has 2 atom stereocenters. The minimum atomic E-state index is 0.123. The van der Waals surface area contributed by atoms with Gasteiger partial charge in [-0.15, -0.1) is 0 Å². The number of tetrazole rings is 1. The Balaban J connectivity index is 1.77. The quantitative estimate of drug-likeness (QED) is 0.786. The molecule has 1 aliphatic rings. The Labute approximate surface area is 128 Å². The number of rotatable bonds is 2. The summed E-state index contributed by atoms with van der Waals surface area (Å²) in [4.78, 5) is 4.22. The molecule has 3 aromatic rings. The Morgan fingerprint density at radius 1 is 1.18 bits per heavy atom.